The Morgan fingerprint density at radius 2 is 1.94 bits per heavy atom. The standard InChI is InChI=1S/C15H24OS/c1-4-12-5-6-17-15(12)14(16)13-8-10(2)7-11(3)9-13/h5-6,10-11,13-14,16H,4,7-9H2,1-3H3. The molecule has 2 heteroatoms. The minimum Gasteiger partial charge on any atom is -0.387 e. The van der Waals surface area contributed by atoms with E-state index in [1.54, 1.807) is 11.3 Å². The highest BCUT2D eigenvalue weighted by molar-refractivity contribution is 7.10. The number of aliphatic hydroxyl groups is 1. The predicted octanol–water partition coefficient (Wildman–Crippen LogP) is 4.42. The van der Waals surface area contributed by atoms with Gasteiger partial charge in [0.1, 0.15) is 0 Å². The van der Waals surface area contributed by atoms with Crippen molar-refractivity contribution in [3.05, 3.63) is 21.9 Å². The highest BCUT2D eigenvalue weighted by Gasteiger charge is 2.31. The average molecular weight is 252 g/mol. The zero-order chi connectivity index (χ0) is 12.4. The Kier molecular flexibility index (Phi) is 4.26. The van der Waals surface area contributed by atoms with E-state index in [9.17, 15) is 5.11 Å². The summed E-state index contributed by atoms with van der Waals surface area (Å²) >= 11 is 1.73. The molecular formula is C15H24OS. The van der Waals surface area contributed by atoms with Gasteiger partial charge in [-0.1, -0.05) is 20.8 Å². The first-order chi connectivity index (χ1) is 8.11. The van der Waals surface area contributed by atoms with Crippen LogP contribution in [0.1, 0.15) is 56.6 Å². The molecule has 0 aromatic carbocycles. The number of hydrogen-bond donors (Lipinski definition) is 1. The highest BCUT2D eigenvalue weighted by Crippen LogP contribution is 2.41. The molecule has 0 radical (unpaired) electrons. The summed E-state index contributed by atoms with van der Waals surface area (Å²) in [5.41, 5.74) is 1.34. The van der Waals surface area contributed by atoms with Crippen LogP contribution in [0.25, 0.3) is 0 Å². The van der Waals surface area contributed by atoms with Crippen molar-refractivity contribution < 1.29 is 5.11 Å². The van der Waals surface area contributed by atoms with Crippen LogP contribution in [0, 0.1) is 17.8 Å². The van der Waals surface area contributed by atoms with Crippen LogP contribution in [0.15, 0.2) is 11.4 Å². The summed E-state index contributed by atoms with van der Waals surface area (Å²) in [6.45, 7) is 6.82. The summed E-state index contributed by atoms with van der Waals surface area (Å²) in [5.74, 6) is 2.00. The zero-order valence-corrected chi connectivity index (χ0v) is 12.0. The zero-order valence-electron chi connectivity index (χ0n) is 11.1. The summed E-state index contributed by atoms with van der Waals surface area (Å²) in [4.78, 5) is 1.22. The molecule has 0 bridgehead atoms. The molecule has 1 aliphatic carbocycles. The maximum atomic E-state index is 10.6. The van der Waals surface area contributed by atoms with Crippen molar-refractivity contribution in [2.24, 2.45) is 17.8 Å². The smallest absolute Gasteiger partial charge is 0.0912 e. The van der Waals surface area contributed by atoms with E-state index >= 15 is 0 Å². The van der Waals surface area contributed by atoms with Gasteiger partial charge in [0.15, 0.2) is 0 Å². The summed E-state index contributed by atoms with van der Waals surface area (Å²) in [6.07, 6.45) is 4.51. The van der Waals surface area contributed by atoms with Crippen molar-refractivity contribution in [1.82, 2.24) is 0 Å². The molecule has 1 saturated carbocycles. The van der Waals surface area contributed by atoms with Crippen molar-refractivity contribution in [1.29, 1.82) is 0 Å². The van der Waals surface area contributed by atoms with Gasteiger partial charge in [-0.2, -0.15) is 0 Å². The molecule has 1 nitrogen and oxygen atoms in total. The maximum absolute atomic E-state index is 10.6. The fourth-order valence-electron chi connectivity index (χ4n) is 3.38. The lowest BCUT2D eigenvalue weighted by molar-refractivity contribution is 0.0571. The third-order valence-corrected chi connectivity index (χ3v) is 5.12. The molecule has 0 amide bonds. The molecule has 1 aromatic heterocycles. The Labute approximate surface area is 109 Å². The molecule has 0 aliphatic heterocycles. The fourth-order valence-corrected chi connectivity index (χ4v) is 4.45. The lowest BCUT2D eigenvalue weighted by Gasteiger charge is -2.34. The number of rotatable bonds is 3. The van der Waals surface area contributed by atoms with Gasteiger partial charge in [0.05, 0.1) is 6.10 Å². The minimum absolute atomic E-state index is 0.227. The molecule has 1 heterocycles. The van der Waals surface area contributed by atoms with Crippen LogP contribution in [0.5, 0.6) is 0 Å². The van der Waals surface area contributed by atoms with Crippen molar-refractivity contribution >= 4 is 11.3 Å². The molecule has 0 saturated heterocycles. The predicted molar refractivity (Wildman–Crippen MR) is 74.3 cm³/mol. The average Bonchev–Trinajstić information content (AvgIpc) is 2.74. The van der Waals surface area contributed by atoms with Gasteiger partial charge in [0.25, 0.3) is 0 Å². The van der Waals surface area contributed by atoms with E-state index in [4.69, 9.17) is 0 Å². The third-order valence-electron chi connectivity index (χ3n) is 4.09. The van der Waals surface area contributed by atoms with Gasteiger partial charge in [-0.15, -0.1) is 11.3 Å². The van der Waals surface area contributed by atoms with Crippen LogP contribution in [0.3, 0.4) is 0 Å². The molecule has 3 unspecified atom stereocenters. The second-order valence-electron chi connectivity index (χ2n) is 5.79. The third kappa shape index (κ3) is 2.92. The van der Waals surface area contributed by atoms with Gasteiger partial charge >= 0.3 is 0 Å². The quantitative estimate of drug-likeness (QED) is 0.844. The van der Waals surface area contributed by atoms with E-state index in [1.807, 2.05) is 0 Å². The van der Waals surface area contributed by atoms with E-state index in [0.29, 0.717) is 5.92 Å². The van der Waals surface area contributed by atoms with Crippen molar-refractivity contribution in [3.8, 4) is 0 Å². The number of aryl methyl sites for hydroxylation is 1. The molecule has 1 N–H and O–H groups in total. The number of hydrogen-bond acceptors (Lipinski definition) is 2. The minimum atomic E-state index is -0.227. The first-order valence-corrected chi connectivity index (χ1v) is 7.74. The SMILES string of the molecule is CCc1ccsc1C(O)C1CC(C)CC(C)C1. The second-order valence-corrected chi connectivity index (χ2v) is 6.73. The van der Waals surface area contributed by atoms with Crippen molar-refractivity contribution in [2.75, 3.05) is 0 Å². The topological polar surface area (TPSA) is 20.2 Å². The molecule has 1 fully saturated rings. The molecular weight excluding hydrogens is 228 g/mol. The Balaban J connectivity index is 2.11. The van der Waals surface area contributed by atoms with Crippen LogP contribution in [-0.4, -0.2) is 5.11 Å². The first kappa shape index (κ1) is 13.1. The molecule has 1 aromatic rings. The summed E-state index contributed by atoms with van der Waals surface area (Å²) in [7, 11) is 0. The molecule has 17 heavy (non-hydrogen) atoms. The van der Waals surface area contributed by atoms with E-state index in [2.05, 4.69) is 32.2 Å². The Bertz CT molecular complexity index is 348. The molecule has 3 atom stereocenters. The Morgan fingerprint density at radius 1 is 1.29 bits per heavy atom. The lowest BCUT2D eigenvalue weighted by Crippen LogP contribution is -2.24. The van der Waals surface area contributed by atoms with Crippen LogP contribution >= 0.6 is 11.3 Å². The van der Waals surface area contributed by atoms with Gasteiger partial charge in [0.2, 0.25) is 0 Å². The number of thiophene rings is 1. The van der Waals surface area contributed by atoms with Gasteiger partial charge < -0.3 is 5.11 Å². The highest BCUT2D eigenvalue weighted by atomic mass is 32.1. The lowest BCUT2D eigenvalue weighted by atomic mass is 9.74. The summed E-state index contributed by atoms with van der Waals surface area (Å²) in [5, 5.41) is 12.7. The van der Waals surface area contributed by atoms with E-state index in [1.165, 1.54) is 29.7 Å². The number of aliphatic hydroxyl groups excluding tert-OH is 1. The molecule has 0 spiro atoms. The van der Waals surface area contributed by atoms with Crippen molar-refractivity contribution in [2.45, 2.75) is 52.6 Å². The Hall–Kier alpha value is -0.340. The monoisotopic (exact) mass is 252 g/mol. The largest absolute Gasteiger partial charge is 0.387 e. The Morgan fingerprint density at radius 3 is 2.53 bits per heavy atom. The normalized spacial score (nSPS) is 31.4. The first-order valence-electron chi connectivity index (χ1n) is 6.86. The van der Waals surface area contributed by atoms with E-state index in [-0.39, 0.29) is 6.10 Å². The van der Waals surface area contributed by atoms with Gasteiger partial charge in [0, 0.05) is 4.88 Å². The van der Waals surface area contributed by atoms with Crippen LogP contribution in [-0.2, 0) is 6.42 Å². The second kappa shape index (κ2) is 5.53. The fraction of sp³-hybridized carbons (Fsp3) is 0.733. The van der Waals surface area contributed by atoms with Crippen molar-refractivity contribution in [3.63, 3.8) is 0 Å². The van der Waals surface area contributed by atoms with Gasteiger partial charge in [-0.05, 0) is 60.4 Å². The van der Waals surface area contributed by atoms with Gasteiger partial charge in [-0.3, -0.25) is 0 Å². The summed E-state index contributed by atoms with van der Waals surface area (Å²) < 4.78 is 0. The van der Waals surface area contributed by atoms with Crippen LogP contribution in [0.4, 0.5) is 0 Å². The van der Waals surface area contributed by atoms with Crippen LogP contribution < -0.4 is 0 Å². The molecule has 1 aliphatic rings. The van der Waals surface area contributed by atoms with Crippen LogP contribution in [0.2, 0.25) is 0 Å². The van der Waals surface area contributed by atoms with Gasteiger partial charge in [-0.25, -0.2) is 0 Å². The van der Waals surface area contributed by atoms with E-state index in [0.717, 1.165) is 18.3 Å². The summed E-state index contributed by atoms with van der Waals surface area (Å²) in [6, 6.07) is 2.17. The maximum Gasteiger partial charge on any atom is 0.0912 e. The molecule has 2 rings (SSSR count). The van der Waals surface area contributed by atoms with E-state index < -0.39 is 0 Å². The molecule has 96 valence electrons.